The normalized spacial score (nSPS) is 16.1. The van der Waals surface area contributed by atoms with E-state index in [0.717, 1.165) is 0 Å². The summed E-state index contributed by atoms with van der Waals surface area (Å²) in [5.41, 5.74) is 0. The maximum atomic E-state index is 11.6. The standard InChI is InChI=1S/C7H11F3/c1-3-4-6(2)5-7(8,9)10/h3-4,6H,5H2,1-2H3/b4-3+. The van der Waals surface area contributed by atoms with E-state index in [1.807, 2.05) is 0 Å². The third-order valence-corrected chi connectivity index (χ3v) is 1.07. The summed E-state index contributed by atoms with van der Waals surface area (Å²) in [6.07, 6.45) is -1.57. The molecule has 0 aromatic heterocycles. The molecule has 0 radical (unpaired) electrons. The molecule has 0 aromatic carbocycles. The minimum atomic E-state index is -4.03. The molecule has 60 valence electrons. The van der Waals surface area contributed by atoms with Crippen molar-refractivity contribution < 1.29 is 13.2 Å². The van der Waals surface area contributed by atoms with Crippen molar-refractivity contribution in [2.45, 2.75) is 26.4 Å². The molecule has 0 spiro atoms. The molecule has 3 heteroatoms. The zero-order chi connectivity index (χ0) is 8.20. The van der Waals surface area contributed by atoms with E-state index in [9.17, 15) is 13.2 Å². The van der Waals surface area contributed by atoms with Gasteiger partial charge in [-0.25, -0.2) is 0 Å². The van der Waals surface area contributed by atoms with Crippen molar-refractivity contribution in [3.8, 4) is 0 Å². The SMILES string of the molecule is C/C=C/C(C)CC(F)(F)F. The number of halogens is 3. The quantitative estimate of drug-likeness (QED) is 0.533. The molecule has 0 fully saturated rings. The first kappa shape index (κ1) is 9.53. The minimum absolute atomic E-state index is 0.398. The van der Waals surface area contributed by atoms with Gasteiger partial charge in [0.15, 0.2) is 0 Å². The highest BCUT2D eigenvalue weighted by Gasteiger charge is 2.28. The van der Waals surface area contributed by atoms with Gasteiger partial charge in [-0.2, -0.15) is 13.2 Å². The van der Waals surface area contributed by atoms with Gasteiger partial charge in [0.1, 0.15) is 0 Å². The summed E-state index contributed by atoms with van der Waals surface area (Å²) < 4.78 is 34.8. The molecule has 0 N–H and O–H groups in total. The van der Waals surface area contributed by atoms with Crippen molar-refractivity contribution in [2.75, 3.05) is 0 Å². The molecular formula is C7H11F3. The zero-order valence-electron chi connectivity index (χ0n) is 6.07. The molecule has 0 saturated carbocycles. The molecule has 1 atom stereocenters. The van der Waals surface area contributed by atoms with Gasteiger partial charge in [-0.3, -0.25) is 0 Å². The van der Waals surface area contributed by atoms with Gasteiger partial charge < -0.3 is 0 Å². The Morgan fingerprint density at radius 2 is 1.90 bits per heavy atom. The van der Waals surface area contributed by atoms with Crippen molar-refractivity contribution in [1.29, 1.82) is 0 Å². The van der Waals surface area contributed by atoms with E-state index in [1.165, 1.54) is 0 Å². The summed E-state index contributed by atoms with van der Waals surface area (Å²) in [6.45, 7) is 3.26. The first-order chi connectivity index (χ1) is 4.45. The zero-order valence-corrected chi connectivity index (χ0v) is 6.07. The van der Waals surface area contributed by atoms with Gasteiger partial charge in [-0.05, 0) is 12.8 Å². The van der Waals surface area contributed by atoms with Crippen LogP contribution in [0.15, 0.2) is 12.2 Å². The second-order valence-electron chi connectivity index (χ2n) is 2.32. The fraction of sp³-hybridized carbons (Fsp3) is 0.714. The predicted octanol–water partition coefficient (Wildman–Crippen LogP) is 3.15. The highest BCUT2D eigenvalue weighted by molar-refractivity contribution is 4.83. The number of rotatable bonds is 2. The van der Waals surface area contributed by atoms with Gasteiger partial charge in [0.25, 0.3) is 0 Å². The Labute approximate surface area is 58.7 Å². The Kier molecular flexibility index (Phi) is 3.47. The van der Waals surface area contributed by atoms with E-state index in [2.05, 4.69) is 0 Å². The molecule has 0 aromatic rings. The molecule has 0 heterocycles. The summed E-state index contributed by atoms with van der Waals surface area (Å²) in [5, 5.41) is 0. The van der Waals surface area contributed by atoms with Crippen LogP contribution in [0.3, 0.4) is 0 Å². The van der Waals surface area contributed by atoms with E-state index in [0.29, 0.717) is 0 Å². The highest BCUT2D eigenvalue weighted by atomic mass is 19.4. The van der Waals surface area contributed by atoms with Crippen molar-refractivity contribution in [1.82, 2.24) is 0 Å². The maximum absolute atomic E-state index is 11.6. The summed E-state index contributed by atoms with van der Waals surface area (Å²) in [4.78, 5) is 0. The lowest BCUT2D eigenvalue weighted by Crippen LogP contribution is -2.11. The first-order valence-electron chi connectivity index (χ1n) is 3.15. The molecule has 1 unspecified atom stereocenters. The third kappa shape index (κ3) is 5.66. The van der Waals surface area contributed by atoms with Crippen LogP contribution in [-0.4, -0.2) is 6.18 Å². The average Bonchev–Trinajstić information content (AvgIpc) is 1.59. The maximum Gasteiger partial charge on any atom is 0.389 e. The van der Waals surface area contributed by atoms with Crippen molar-refractivity contribution in [2.24, 2.45) is 5.92 Å². The van der Waals surface area contributed by atoms with E-state index in [4.69, 9.17) is 0 Å². The van der Waals surface area contributed by atoms with Crippen LogP contribution in [0.5, 0.6) is 0 Å². The van der Waals surface area contributed by atoms with Gasteiger partial charge >= 0.3 is 6.18 Å². The van der Waals surface area contributed by atoms with E-state index >= 15 is 0 Å². The number of allylic oxidation sites excluding steroid dienone is 2. The van der Waals surface area contributed by atoms with Crippen LogP contribution in [0.4, 0.5) is 13.2 Å². The van der Waals surface area contributed by atoms with Crippen LogP contribution < -0.4 is 0 Å². The van der Waals surface area contributed by atoms with Crippen molar-refractivity contribution >= 4 is 0 Å². The molecule has 0 aliphatic carbocycles. The topological polar surface area (TPSA) is 0 Å². The largest absolute Gasteiger partial charge is 0.389 e. The summed E-state index contributed by atoms with van der Waals surface area (Å²) in [6, 6.07) is 0. The monoisotopic (exact) mass is 152 g/mol. The highest BCUT2D eigenvalue weighted by Crippen LogP contribution is 2.24. The van der Waals surface area contributed by atoms with Gasteiger partial charge in [-0.1, -0.05) is 19.1 Å². The third-order valence-electron chi connectivity index (χ3n) is 1.07. The molecule has 0 aliphatic heterocycles. The molecule has 0 rings (SSSR count). The van der Waals surface area contributed by atoms with Gasteiger partial charge in [0, 0.05) is 6.42 Å². The Balaban J connectivity index is 3.68. The van der Waals surface area contributed by atoms with E-state index in [1.54, 1.807) is 26.0 Å². The number of hydrogen-bond acceptors (Lipinski definition) is 0. The number of alkyl halides is 3. The summed E-state index contributed by atoms with van der Waals surface area (Å²) in [5.74, 6) is -0.398. The molecular weight excluding hydrogens is 141 g/mol. The van der Waals surface area contributed by atoms with Crippen LogP contribution in [-0.2, 0) is 0 Å². The molecule has 0 saturated heterocycles. The second-order valence-corrected chi connectivity index (χ2v) is 2.32. The van der Waals surface area contributed by atoms with Gasteiger partial charge in [-0.15, -0.1) is 0 Å². The molecule has 0 nitrogen and oxygen atoms in total. The fourth-order valence-corrected chi connectivity index (χ4v) is 0.762. The summed E-state index contributed by atoms with van der Waals surface area (Å²) >= 11 is 0. The molecule has 10 heavy (non-hydrogen) atoms. The Hall–Kier alpha value is -0.470. The first-order valence-corrected chi connectivity index (χ1v) is 3.15. The van der Waals surface area contributed by atoms with Crippen LogP contribution in [0.2, 0.25) is 0 Å². The van der Waals surface area contributed by atoms with E-state index < -0.39 is 18.5 Å². The van der Waals surface area contributed by atoms with Crippen molar-refractivity contribution in [3.63, 3.8) is 0 Å². The van der Waals surface area contributed by atoms with Crippen LogP contribution >= 0.6 is 0 Å². The lowest BCUT2D eigenvalue weighted by atomic mass is 10.1. The van der Waals surface area contributed by atoms with Crippen LogP contribution in [0.25, 0.3) is 0 Å². The van der Waals surface area contributed by atoms with Gasteiger partial charge in [0.05, 0.1) is 0 Å². The molecule has 0 aliphatic rings. The minimum Gasteiger partial charge on any atom is -0.171 e. The molecule has 0 amide bonds. The Bertz CT molecular complexity index is 113. The second kappa shape index (κ2) is 3.64. The van der Waals surface area contributed by atoms with Crippen LogP contribution in [0.1, 0.15) is 20.3 Å². The average molecular weight is 152 g/mol. The summed E-state index contributed by atoms with van der Waals surface area (Å²) in [7, 11) is 0. The Morgan fingerprint density at radius 3 is 2.20 bits per heavy atom. The van der Waals surface area contributed by atoms with E-state index in [-0.39, 0.29) is 0 Å². The predicted molar refractivity (Wildman–Crippen MR) is 34.6 cm³/mol. The van der Waals surface area contributed by atoms with Gasteiger partial charge in [0.2, 0.25) is 0 Å². The fourth-order valence-electron chi connectivity index (χ4n) is 0.762. The lowest BCUT2D eigenvalue weighted by Gasteiger charge is -2.08. The van der Waals surface area contributed by atoms with Crippen molar-refractivity contribution in [3.05, 3.63) is 12.2 Å². The van der Waals surface area contributed by atoms with Crippen LogP contribution in [0, 0.1) is 5.92 Å². The number of hydrogen-bond donors (Lipinski definition) is 0. The smallest absolute Gasteiger partial charge is 0.171 e. The lowest BCUT2D eigenvalue weighted by molar-refractivity contribution is -0.140. The Morgan fingerprint density at radius 1 is 1.40 bits per heavy atom. The molecule has 0 bridgehead atoms.